The number of hydrogen-bond acceptors (Lipinski definition) is 5. The van der Waals surface area contributed by atoms with Crippen LogP contribution in [0.1, 0.15) is 5.56 Å². The van der Waals surface area contributed by atoms with Gasteiger partial charge in [-0.3, -0.25) is 14.6 Å². The van der Waals surface area contributed by atoms with Gasteiger partial charge in [0.2, 0.25) is 5.91 Å². The summed E-state index contributed by atoms with van der Waals surface area (Å²) < 4.78 is 24.1. The number of hydrogen-bond donors (Lipinski definition) is 1. The molecule has 0 atom stereocenters. The lowest BCUT2D eigenvalue weighted by Gasteiger charge is -2.34. The second-order valence-electron chi connectivity index (χ2n) is 6.90. The summed E-state index contributed by atoms with van der Waals surface area (Å²) in [6.45, 7) is 3.96. The predicted molar refractivity (Wildman–Crippen MR) is 111 cm³/mol. The molecule has 0 aromatic heterocycles. The van der Waals surface area contributed by atoms with E-state index >= 15 is 0 Å². The molecule has 1 aliphatic rings. The lowest BCUT2D eigenvalue weighted by molar-refractivity contribution is -0.117. The number of carbonyl (C=O) groups is 1. The quantitative estimate of drug-likeness (QED) is 0.743. The Morgan fingerprint density at radius 3 is 2.38 bits per heavy atom. The van der Waals surface area contributed by atoms with E-state index in [2.05, 4.69) is 15.1 Å². The molecule has 0 spiro atoms. The number of amides is 1. The van der Waals surface area contributed by atoms with Gasteiger partial charge in [-0.15, -0.1) is 0 Å². The van der Waals surface area contributed by atoms with Crippen molar-refractivity contribution < 1.29 is 18.7 Å². The Balaban J connectivity index is 1.50. The van der Waals surface area contributed by atoms with Gasteiger partial charge in [0.1, 0.15) is 17.3 Å². The molecule has 0 bridgehead atoms. The molecule has 2 aromatic carbocycles. The summed E-state index contributed by atoms with van der Waals surface area (Å²) in [6.07, 6.45) is 0. The van der Waals surface area contributed by atoms with Crippen molar-refractivity contribution in [3.8, 4) is 11.5 Å². The Hall–Kier alpha value is -2.35. The number of rotatable bonds is 7. The highest BCUT2D eigenvalue weighted by atomic mass is 35.5. The van der Waals surface area contributed by atoms with Crippen LogP contribution in [-0.4, -0.2) is 62.7 Å². The zero-order valence-electron chi connectivity index (χ0n) is 16.6. The van der Waals surface area contributed by atoms with Gasteiger partial charge in [0.05, 0.1) is 26.5 Å². The molecule has 2 aromatic rings. The highest BCUT2D eigenvalue weighted by molar-refractivity contribution is 6.31. The molecule has 3 rings (SSSR count). The van der Waals surface area contributed by atoms with E-state index in [-0.39, 0.29) is 18.3 Å². The molecule has 1 heterocycles. The fraction of sp³-hybridized carbons (Fsp3) is 0.381. The van der Waals surface area contributed by atoms with Crippen LogP contribution < -0.4 is 14.8 Å². The second-order valence-corrected chi connectivity index (χ2v) is 7.34. The lowest BCUT2D eigenvalue weighted by atomic mass is 10.1. The van der Waals surface area contributed by atoms with Crippen LogP contribution in [0, 0.1) is 5.82 Å². The summed E-state index contributed by atoms with van der Waals surface area (Å²) >= 11 is 6.01. The van der Waals surface area contributed by atoms with Crippen LogP contribution in [0.2, 0.25) is 5.02 Å². The van der Waals surface area contributed by atoms with Gasteiger partial charge in [0, 0.05) is 43.3 Å². The molecular formula is C21H25ClFN3O3. The number of nitrogens with zero attached hydrogens (tertiary/aromatic N) is 2. The Kier molecular flexibility index (Phi) is 7.30. The maximum atomic E-state index is 13.6. The third-order valence-electron chi connectivity index (χ3n) is 4.90. The van der Waals surface area contributed by atoms with Crippen molar-refractivity contribution in [2.24, 2.45) is 0 Å². The van der Waals surface area contributed by atoms with Crippen molar-refractivity contribution in [2.75, 3.05) is 52.3 Å². The fourth-order valence-electron chi connectivity index (χ4n) is 3.39. The molecule has 1 fully saturated rings. The average molecular weight is 422 g/mol. The van der Waals surface area contributed by atoms with Gasteiger partial charge in [0.15, 0.2) is 0 Å². The van der Waals surface area contributed by atoms with Crippen LogP contribution >= 0.6 is 11.6 Å². The molecule has 1 saturated heterocycles. The monoisotopic (exact) mass is 421 g/mol. The molecule has 156 valence electrons. The van der Waals surface area contributed by atoms with E-state index in [0.717, 1.165) is 31.7 Å². The predicted octanol–water partition coefficient (Wildman–Crippen LogP) is 3.25. The summed E-state index contributed by atoms with van der Waals surface area (Å²) in [5.74, 6) is 0.860. The van der Waals surface area contributed by atoms with Crippen LogP contribution in [0.15, 0.2) is 36.4 Å². The number of anilines is 1. The summed E-state index contributed by atoms with van der Waals surface area (Å²) in [7, 11) is 3.13. The summed E-state index contributed by atoms with van der Waals surface area (Å²) in [6, 6.07) is 9.66. The number of ether oxygens (including phenoxy) is 2. The van der Waals surface area contributed by atoms with Crippen LogP contribution in [0.5, 0.6) is 11.5 Å². The largest absolute Gasteiger partial charge is 0.496 e. The van der Waals surface area contributed by atoms with E-state index < -0.39 is 0 Å². The van der Waals surface area contributed by atoms with Crippen molar-refractivity contribution in [2.45, 2.75) is 6.54 Å². The molecule has 6 nitrogen and oxygen atoms in total. The minimum absolute atomic E-state index is 0.120. The number of nitrogens with one attached hydrogen (secondary N) is 1. The number of benzene rings is 2. The van der Waals surface area contributed by atoms with Crippen molar-refractivity contribution in [1.82, 2.24) is 9.80 Å². The van der Waals surface area contributed by atoms with Gasteiger partial charge in [0.25, 0.3) is 0 Å². The molecule has 1 N–H and O–H groups in total. The molecule has 1 amide bonds. The Labute approximate surface area is 175 Å². The molecular weight excluding hydrogens is 397 g/mol. The maximum absolute atomic E-state index is 13.6. The zero-order chi connectivity index (χ0) is 20.8. The third kappa shape index (κ3) is 5.82. The lowest BCUT2D eigenvalue weighted by Crippen LogP contribution is -2.48. The van der Waals surface area contributed by atoms with Crippen LogP contribution in [0.25, 0.3) is 0 Å². The zero-order valence-corrected chi connectivity index (χ0v) is 17.3. The molecule has 0 radical (unpaired) electrons. The first-order valence-electron chi connectivity index (χ1n) is 9.39. The van der Waals surface area contributed by atoms with E-state index in [0.29, 0.717) is 28.8 Å². The van der Waals surface area contributed by atoms with Crippen molar-refractivity contribution >= 4 is 23.2 Å². The summed E-state index contributed by atoms with van der Waals surface area (Å²) in [5.41, 5.74) is 1.38. The minimum atomic E-state index is -0.271. The maximum Gasteiger partial charge on any atom is 0.238 e. The summed E-state index contributed by atoms with van der Waals surface area (Å²) in [4.78, 5) is 16.7. The van der Waals surface area contributed by atoms with Crippen molar-refractivity contribution in [1.29, 1.82) is 0 Å². The second kappa shape index (κ2) is 9.91. The van der Waals surface area contributed by atoms with E-state index in [4.69, 9.17) is 21.1 Å². The normalized spacial score (nSPS) is 15.2. The van der Waals surface area contributed by atoms with Crippen molar-refractivity contribution in [3.63, 3.8) is 0 Å². The molecule has 0 saturated carbocycles. The smallest absolute Gasteiger partial charge is 0.238 e. The van der Waals surface area contributed by atoms with Crippen LogP contribution in [0.4, 0.5) is 10.1 Å². The molecule has 0 aliphatic carbocycles. The molecule has 1 aliphatic heterocycles. The number of piperazine rings is 1. The van der Waals surface area contributed by atoms with E-state index in [1.165, 1.54) is 12.1 Å². The van der Waals surface area contributed by atoms with Crippen LogP contribution in [-0.2, 0) is 11.3 Å². The minimum Gasteiger partial charge on any atom is -0.496 e. The van der Waals surface area contributed by atoms with Gasteiger partial charge in [-0.05, 0) is 36.4 Å². The van der Waals surface area contributed by atoms with Crippen molar-refractivity contribution in [3.05, 3.63) is 52.8 Å². The third-order valence-corrected chi connectivity index (χ3v) is 5.14. The molecule has 0 unspecified atom stereocenters. The Bertz CT molecular complexity index is 857. The van der Waals surface area contributed by atoms with E-state index in [1.54, 1.807) is 38.5 Å². The van der Waals surface area contributed by atoms with Crippen LogP contribution in [0.3, 0.4) is 0 Å². The highest BCUT2D eigenvalue weighted by Gasteiger charge is 2.21. The Morgan fingerprint density at radius 2 is 1.69 bits per heavy atom. The Morgan fingerprint density at radius 1 is 1.03 bits per heavy atom. The first-order valence-corrected chi connectivity index (χ1v) is 9.77. The SMILES string of the molecule is COc1ccc(F)cc1CN1CCN(CC(=O)Nc2cc(Cl)ccc2OC)CC1. The topological polar surface area (TPSA) is 54.0 Å². The van der Waals surface area contributed by atoms with E-state index in [9.17, 15) is 9.18 Å². The standard InChI is InChI=1S/C21H25ClFN3O3/c1-28-19-6-4-17(23)11-15(19)13-25-7-9-26(10-8-25)14-21(27)24-18-12-16(22)3-5-20(18)29-2/h3-6,11-12H,7-10,13-14H2,1-2H3,(H,24,27). The summed E-state index contributed by atoms with van der Waals surface area (Å²) in [5, 5.41) is 3.39. The van der Waals surface area contributed by atoms with Gasteiger partial charge in [-0.25, -0.2) is 4.39 Å². The van der Waals surface area contributed by atoms with Gasteiger partial charge in [-0.2, -0.15) is 0 Å². The first kappa shape index (κ1) is 21.4. The first-order chi connectivity index (χ1) is 14.0. The highest BCUT2D eigenvalue weighted by Crippen LogP contribution is 2.27. The van der Waals surface area contributed by atoms with Gasteiger partial charge < -0.3 is 14.8 Å². The van der Waals surface area contributed by atoms with E-state index in [1.807, 2.05) is 0 Å². The molecule has 29 heavy (non-hydrogen) atoms. The van der Waals surface area contributed by atoms with Gasteiger partial charge in [-0.1, -0.05) is 11.6 Å². The number of halogens is 2. The molecule has 8 heteroatoms. The average Bonchev–Trinajstić information content (AvgIpc) is 2.70. The number of carbonyl (C=O) groups excluding carboxylic acids is 1. The fourth-order valence-corrected chi connectivity index (χ4v) is 3.56. The van der Waals surface area contributed by atoms with Gasteiger partial charge >= 0.3 is 0 Å². The number of methoxy groups -OCH3 is 2.